The maximum atomic E-state index is 13.0. The Morgan fingerprint density at radius 1 is 1.33 bits per heavy atom. The van der Waals surface area contributed by atoms with Crippen LogP contribution in [0.3, 0.4) is 0 Å². The third-order valence-corrected chi connectivity index (χ3v) is 6.00. The second kappa shape index (κ2) is 5.88. The van der Waals surface area contributed by atoms with Gasteiger partial charge in [-0.15, -0.1) is 0 Å². The minimum absolute atomic E-state index is 0.0978. The van der Waals surface area contributed by atoms with Crippen molar-refractivity contribution in [3.05, 3.63) is 17.5 Å². The van der Waals surface area contributed by atoms with E-state index in [1.165, 1.54) is 19.3 Å². The molecule has 24 heavy (non-hydrogen) atoms. The van der Waals surface area contributed by atoms with E-state index in [2.05, 4.69) is 10.2 Å². The van der Waals surface area contributed by atoms with Crippen LogP contribution in [-0.2, 0) is 9.53 Å². The molecular weight excluding hydrogens is 310 g/mol. The lowest BCUT2D eigenvalue weighted by Gasteiger charge is -2.24. The molecule has 1 amide bonds. The molecule has 1 aromatic heterocycles. The fraction of sp³-hybridized carbons (Fsp3) is 0.706. The Morgan fingerprint density at radius 2 is 2.12 bits per heavy atom. The van der Waals surface area contributed by atoms with Gasteiger partial charge >= 0.3 is 5.97 Å². The van der Waals surface area contributed by atoms with Gasteiger partial charge in [-0.1, -0.05) is 19.3 Å². The summed E-state index contributed by atoms with van der Waals surface area (Å²) < 4.78 is 5.38. The molecule has 7 nitrogen and oxygen atoms in total. The molecule has 0 unspecified atom stereocenters. The van der Waals surface area contributed by atoms with Crippen molar-refractivity contribution < 1.29 is 19.4 Å². The van der Waals surface area contributed by atoms with Crippen LogP contribution in [0.15, 0.2) is 6.20 Å². The fourth-order valence-electron chi connectivity index (χ4n) is 4.53. The van der Waals surface area contributed by atoms with Gasteiger partial charge in [0, 0.05) is 24.9 Å². The molecule has 1 aromatic rings. The Morgan fingerprint density at radius 3 is 2.83 bits per heavy atom. The lowest BCUT2D eigenvalue weighted by Crippen LogP contribution is -2.40. The molecule has 0 spiro atoms. The zero-order chi connectivity index (χ0) is 16.7. The first kappa shape index (κ1) is 15.6. The maximum absolute atomic E-state index is 13.0. The summed E-state index contributed by atoms with van der Waals surface area (Å²) in [6.45, 7) is 1.27. The van der Waals surface area contributed by atoms with Crippen molar-refractivity contribution >= 4 is 11.9 Å². The number of carbonyl (C=O) groups excluding carboxylic acids is 1. The van der Waals surface area contributed by atoms with E-state index in [4.69, 9.17) is 4.74 Å². The number of aliphatic carboxylic acids is 1. The van der Waals surface area contributed by atoms with E-state index in [0.717, 1.165) is 18.5 Å². The van der Waals surface area contributed by atoms with Crippen molar-refractivity contribution in [2.75, 3.05) is 26.3 Å². The van der Waals surface area contributed by atoms with Crippen molar-refractivity contribution in [1.82, 2.24) is 15.1 Å². The Balaban J connectivity index is 1.55. The number of H-pyrrole nitrogens is 1. The molecule has 2 atom stereocenters. The number of ether oxygens (including phenoxy) is 1. The van der Waals surface area contributed by atoms with E-state index in [1.54, 1.807) is 11.1 Å². The molecule has 1 aliphatic carbocycles. The highest BCUT2D eigenvalue weighted by molar-refractivity contribution is 5.96. The van der Waals surface area contributed by atoms with Crippen LogP contribution in [0, 0.1) is 11.3 Å². The number of fused-ring (bicyclic) bond motifs is 1. The molecule has 1 saturated carbocycles. The largest absolute Gasteiger partial charge is 0.481 e. The summed E-state index contributed by atoms with van der Waals surface area (Å²) in [7, 11) is 0. The van der Waals surface area contributed by atoms with Crippen LogP contribution in [0.1, 0.15) is 54.1 Å². The third kappa shape index (κ3) is 2.33. The van der Waals surface area contributed by atoms with Crippen LogP contribution in [0.5, 0.6) is 0 Å². The number of aromatic nitrogens is 2. The number of rotatable bonds is 3. The predicted molar refractivity (Wildman–Crippen MR) is 84.7 cm³/mol. The zero-order valence-corrected chi connectivity index (χ0v) is 13.7. The Labute approximate surface area is 140 Å². The molecular formula is C17H23N3O4. The van der Waals surface area contributed by atoms with E-state index in [0.29, 0.717) is 24.6 Å². The van der Waals surface area contributed by atoms with Gasteiger partial charge in [0.15, 0.2) is 0 Å². The number of hydrogen-bond acceptors (Lipinski definition) is 4. The Hall–Kier alpha value is -1.89. The molecule has 0 bridgehead atoms. The summed E-state index contributed by atoms with van der Waals surface area (Å²) in [5.41, 5.74) is 0.602. The molecule has 0 radical (unpaired) electrons. The van der Waals surface area contributed by atoms with Crippen LogP contribution in [-0.4, -0.2) is 58.4 Å². The van der Waals surface area contributed by atoms with Gasteiger partial charge < -0.3 is 14.7 Å². The number of nitrogens with one attached hydrogen (secondary N) is 1. The summed E-state index contributed by atoms with van der Waals surface area (Å²) in [4.78, 5) is 26.4. The van der Waals surface area contributed by atoms with Crippen molar-refractivity contribution in [2.45, 2.75) is 38.0 Å². The predicted octanol–water partition coefficient (Wildman–Crippen LogP) is 1.63. The lowest BCUT2D eigenvalue weighted by molar-refractivity contribution is -0.149. The molecule has 7 heteroatoms. The first-order valence-electron chi connectivity index (χ1n) is 8.75. The van der Waals surface area contributed by atoms with Gasteiger partial charge in [0.05, 0.1) is 30.7 Å². The van der Waals surface area contributed by atoms with Crippen molar-refractivity contribution in [1.29, 1.82) is 0 Å². The summed E-state index contributed by atoms with van der Waals surface area (Å²) in [6, 6.07) is 0. The molecule has 3 fully saturated rings. The molecule has 2 saturated heterocycles. The van der Waals surface area contributed by atoms with E-state index in [1.807, 2.05) is 0 Å². The van der Waals surface area contributed by atoms with Gasteiger partial charge in [-0.3, -0.25) is 14.7 Å². The fourth-order valence-corrected chi connectivity index (χ4v) is 4.53. The van der Waals surface area contributed by atoms with Gasteiger partial charge in [-0.05, 0) is 12.8 Å². The van der Waals surface area contributed by atoms with Crippen LogP contribution in [0.4, 0.5) is 0 Å². The molecule has 130 valence electrons. The monoisotopic (exact) mass is 333 g/mol. The summed E-state index contributed by atoms with van der Waals surface area (Å²) in [6.07, 6.45) is 7.38. The number of hydrogen-bond donors (Lipinski definition) is 2. The molecule has 2 aliphatic heterocycles. The standard InChI is InChI=1S/C17H23N3O4/c21-15(13-6-18-19-14(13)11-4-2-1-3-5-11)20-7-12-8-24-10-17(12,9-20)16(22)23/h6,11-12H,1-5,7-10H2,(H,18,19)(H,22,23)/t12-,17-/m1/s1. The second-order valence-electron chi connectivity index (χ2n) is 7.39. The quantitative estimate of drug-likeness (QED) is 0.876. The number of carboxylic acids is 1. The molecule has 0 aromatic carbocycles. The van der Waals surface area contributed by atoms with Crippen LogP contribution in [0.25, 0.3) is 0 Å². The lowest BCUT2D eigenvalue weighted by atomic mass is 9.81. The van der Waals surface area contributed by atoms with Gasteiger partial charge in [0.25, 0.3) is 5.91 Å². The Bertz CT molecular complexity index is 652. The van der Waals surface area contributed by atoms with E-state index >= 15 is 0 Å². The highest BCUT2D eigenvalue weighted by atomic mass is 16.5. The van der Waals surface area contributed by atoms with E-state index in [9.17, 15) is 14.7 Å². The average molecular weight is 333 g/mol. The van der Waals surface area contributed by atoms with E-state index < -0.39 is 11.4 Å². The summed E-state index contributed by atoms with van der Waals surface area (Å²) in [5.74, 6) is -0.720. The minimum Gasteiger partial charge on any atom is -0.481 e. The van der Waals surface area contributed by atoms with Gasteiger partial charge in [-0.25, -0.2) is 0 Å². The van der Waals surface area contributed by atoms with Gasteiger partial charge in [0.1, 0.15) is 5.41 Å². The van der Waals surface area contributed by atoms with E-state index in [-0.39, 0.29) is 25.0 Å². The van der Waals surface area contributed by atoms with Crippen molar-refractivity contribution in [3.63, 3.8) is 0 Å². The number of nitrogens with zero attached hydrogens (tertiary/aromatic N) is 2. The highest BCUT2D eigenvalue weighted by Gasteiger charge is 2.57. The first-order chi connectivity index (χ1) is 11.6. The Kier molecular flexibility index (Phi) is 3.83. The van der Waals surface area contributed by atoms with Crippen molar-refractivity contribution in [2.24, 2.45) is 11.3 Å². The number of aromatic amines is 1. The minimum atomic E-state index is -0.940. The average Bonchev–Trinajstić information content (AvgIpc) is 3.28. The second-order valence-corrected chi connectivity index (χ2v) is 7.39. The van der Waals surface area contributed by atoms with Gasteiger partial charge in [-0.2, -0.15) is 5.10 Å². The third-order valence-electron chi connectivity index (χ3n) is 6.00. The molecule has 3 heterocycles. The number of likely N-dealkylation sites (tertiary alicyclic amines) is 1. The first-order valence-corrected chi connectivity index (χ1v) is 8.75. The molecule has 4 rings (SSSR count). The number of carbonyl (C=O) groups is 2. The van der Waals surface area contributed by atoms with Crippen molar-refractivity contribution in [3.8, 4) is 0 Å². The molecule has 2 N–H and O–H groups in total. The number of carboxylic acid groups (broad SMARTS) is 1. The van der Waals surface area contributed by atoms with Crippen LogP contribution < -0.4 is 0 Å². The summed E-state index contributed by atoms with van der Waals surface area (Å²) in [5, 5.41) is 16.8. The zero-order valence-electron chi connectivity index (χ0n) is 13.7. The topological polar surface area (TPSA) is 95.5 Å². The summed E-state index contributed by atoms with van der Waals surface area (Å²) >= 11 is 0. The maximum Gasteiger partial charge on any atom is 0.314 e. The van der Waals surface area contributed by atoms with Crippen LogP contribution >= 0.6 is 0 Å². The molecule has 3 aliphatic rings. The number of amides is 1. The normalized spacial score (nSPS) is 30.5. The highest BCUT2D eigenvalue weighted by Crippen LogP contribution is 2.42. The SMILES string of the molecule is O=C(c1cn[nH]c1C1CCCCC1)N1C[C@@H]2COC[C@]2(C(=O)O)C1. The van der Waals surface area contributed by atoms with Crippen LogP contribution in [0.2, 0.25) is 0 Å². The smallest absolute Gasteiger partial charge is 0.314 e. The van der Waals surface area contributed by atoms with Gasteiger partial charge in [0.2, 0.25) is 0 Å².